The van der Waals surface area contributed by atoms with E-state index >= 15 is 0 Å². The largest absolute Gasteiger partial charge is 0.348 e. The Morgan fingerprint density at radius 3 is 3.21 bits per heavy atom. The summed E-state index contributed by atoms with van der Waals surface area (Å²) < 4.78 is 14.4. The lowest BCUT2D eigenvalue weighted by Gasteiger charge is -2.13. The van der Waals surface area contributed by atoms with E-state index in [1.54, 1.807) is 6.07 Å². The summed E-state index contributed by atoms with van der Waals surface area (Å²) in [4.78, 5) is 11.8. The summed E-state index contributed by atoms with van der Waals surface area (Å²) in [7, 11) is 0. The molecule has 0 bridgehead atoms. The minimum atomic E-state index is -0.237. The summed E-state index contributed by atoms with van der Waals surface area (Å²) in [6, 6.07) is 4.63. The number of hydrogen-bond acceptors (Lipinski definition) is 4. The molecule has 0 saturated heterocycles. The van der Waals surface area contributed by atoms with E-state index in [-0.39, 0.29) is 24.3 Å². The van der Waals surface area contributed by atoms with E-state index in [0.29, 0.717) is 0 Å². The molecule has 1 amide bonds. The third kappa shape index (κ3) is 2.44. The molecule has 1 aromatic heterocycles. The monoisotopic (exact) mass is 261 g/mol. The van der Waals surface area contributed by atoms with Crippen molar-refractivity contribution in [3.63, 3.8) is 0 Å². The van der Waals surface area contributed by atoms with Crippen LogP contribution in [0.4, 0.5) is 4.39 Å². The van der Waals surface area contributed by atoms with Crippen LogP contribution in [0.3, 0.4) is 0 Å². The van der Waals surface area contributed by atoms with Gasteiger partial charge in [0.15, 0.2) is 0 Å². The first-order valence-electron chi connectivity index (χ1n) is 6.01. The highest BCUT2D eigenvalue weighted by Gasteiger charge is 2.24. The second-order valence-corrected chi connectivity index (χ2v) is 4.51. The van der Waals surface area contributed by atoms with E-state index < -0.39 is 0 Å². The maximum Gasteiger partial charge on any atom is 0.242 e. The molecule has 1 aliphatic carbocycles. The molecule has 6 nitrogen and oxygen atoms in total. The molecule has 7 heteroatoms. The molecule has 0 fully saturated rings. The second kappa shape index (κ2) is 4.75. The number of aromatic nitrogens is 4. The SMILES string of the molecule is O=C(Cn1cnnn1)NC1CCc2cc(F)ccc21. The summed E-state index contributed by atoms with van der Waals surface area (Å²) in [5, 5.41) is 13.5. The Balaban J connectivity index is 1.67. The van der Waals surface area contributed by atoms with Crippen molar-refractivity contribution in [1.82, 2.24) is 25.5 Å². The van der Waals surface area contributed by atoms with Crippen molar-refractivity contribution >= 4 is 5.91 Å². The summed E-state index contributed by atoms with van der Waals surface area (Å²) in [6.07, 6.45) is 2.96. The molecule has 1 aromatic carbocycles. The highest BCUT2D eigenvalue weighted by Crippen LogP contribution is 2.31. The number of nitrogens with zero attached hydrogens (tertiary/aromatic N) is 4. The van der Waals surface area contributed by atoms with Crippen molar-refractivity contribution in [2.24, 2.45) is 0 Å². The van der Waals surface area contributed by atoms with Gasteiger partial charge in [-0.25, -0.2) is 9.07 Å². The number of fused-ring (bicyclic) bond motifs is 1. The summed E-state index contributed by atoms with van der Waals surface area (Å²) >= 11 is 0. The Bertz CT molecular complexity index is 598. The number of carbonyl (C=O) groups excluding carboxylic acids is 1. The zero-order valence-corrected chi connectivity index (χ0v) is 10.1. The minimum absolute atomic E-state index is 0.0559. The average Bonchev–Trinajstić information content (AvgIpc) is 2.99. The fourth-order valence-corrected chi connectivity index (χ4v) is 2.38. The molecule has 1 atom stereocenters. The number of tetrazole rings is 1. The van der Waals surface area contributed by atoms with Gasteiger partial charge in [-0.2, -0.15) is 0 Å². The normalized spacial score (nSPS) is 17.2. The Morgan fingerprint density at radius 2 is 2.42 bits per heavy atom. The zero-order valence-electron chi connectivity index (χ0n) is 10.1. The summed E-state index contributed by atoms with van der Waals surface area (Å²) in [5.41, 5.74) is 1.96. The first-order chi connectivity index (χ1) is 9.22. The number of benzene rings is 1. The standard InChI is InChI=1S/C12H12FN5O/c13-9-2-3-10-8(5-9)1-4-11(10)15-12(19)6-18-7-14-16-17-18/h2-3,5,7,11H,1,4,6H2,(H,15,19). The molecule has 0 aliphatic heterocycles. The number of rotatable bonds is 3. The van der Waals surface area contributed by atoms with Crippen LogP contribution in [0.5, 0.6) is 0 Å². The lowest BCUT2D eigenvalue weighted by atomic mass is 10.1. The smallest absolute Gasteiger partial charge is 0.242 e. The van der Waals surface area contributed by atoms with E-state index in [9.17, 15) is 9.18 Å². The van der Waals surface area contributed by atoms with Gasteiger partial charge in [0.1, 0.15) is 18.7 Å². The predicted octanol–water partition coefficient (Wildman–Crippen LogP) is 0.616. The fourth-order valence-electron chi connectivity index (χ4n) is 2.38. The molecule has 1 heterocycles. The highest BCUT2D eigenvalue weighted by molar-refractivity contribution is 5.76. The topological polar surface area (TPSA) is 72.7 Å². The van der Waals surface area contributed by atoms with Gasteiger partial charge in [0, 0.05) is 0 Å². The van der Waals surface area contributed by atoms with E-state index in [2.05, 4.69) is 20.8 Å². The van der Waals surface area contributed by atoms with Crippen LogP contribution in [-0.4, -0.2) is 26.1 Å². The van der Waals surface area contributed by atoms with Crippen molar-refractivity contribution in [3.05, 3.63) is 41.5 Å². The van der Waals surface area contributed by atoms with Gasteiger partial charge >= 0.3 is 0 Å². The second-order valence-electron chi connectivity index (χ2n) is 4.51. The van der Waals surface area contributed by atoms with Crippen molar-refractivity contribution in [3.8, 4) is 0 Å². The summed E-state index contributed by atoms with van der Waals surface area (Å²) in [5.74, 6) is -0.395. The molecular formula is C12H12FN5O. The minimum Gasteiger partial charge on any atom is -0.348 e. The fraction of sp³-hybridized carbons (Fsp3) is 0.333. The number of aryl methyl sites for hydroxylation is 1. The molecule has 1 aliphatic rings. The van der Waals surface area contributed by atoms with Gasteiger partial charge < -0.3 is 5.32 Å². The van der Waals surface area contributed by atoms with E-state index in [1.807, 2.05) is 0 Å². The molecule has 1 N–H and O–H groups in total. The van der Waals surface area contributed by atoms with Gasteiger partial charge in [-0.1, -0.05) is 6.07 Å². The zero-order chi connectivity index (χ0) is 13.2. The van der Waals surface area contributed by atoms with Gasteiger partial charge in [0.05, 0.1) is 6.04 Å². The van der Waals surface area contributed by atoms with Crippen molar-refractivity contribution < 1.29 is 9.18 Å². The first-order valence-corrected chi connectivity index (χ1v) is 6.01. The van der Waals surface area contributed by atoms with Crippen LogP contribution in [0, 0.1) is 5.82 Å². The van der Waals surface area contributed by atoms with Gasteiger partial charge in [-0.05, 0) is 46.5 Å². The van der Waals surface area contributed by atoms with Crippen LogP contribution in [0.25, 0.3) is 0 Å². The van der Waals surface area contributed by atoms with Crippen LogP contribution in [0.1, 0.15) is 23.6 Å². The third-order valence-corrected chi connectivity index (χ3v) is 3.22. The Kier molecular flexibility index (Phi) is 2.94. The Morgan fingerprint density at radius 1 is 1.53 bits per heavy atom. The number of hydrogen-bond donors (Lipinski definition) is 1. The first kappa shape index (κ1) is 11.8. The van der Waals surface area contributed by atoms with Crippen LogP contribution in [-0.2, 0) is 17.8 Å². The molecule has 0 saturated carbocycles. The lowest BCUT2D eigenvalue weighted by Crippen LogP contribution is -2.30. The van der Waals surface area contributed by atoms with E-state index in [0.717, 1.165) is 24.0 Å². The highest BCUT2D eigenvalue weighted by atomic mass is 19.1. The van der Waals surface area contributed by atoms with Gasteiger partial charge in [-0.15, -0.1) is 5.10 Å². The Hall–Kier alpha value is -2.31. The molecule has 3 rings (SSSR count). The van der Waals surface area contributed by atoms with Crippen LogP contribution >= 0.6 is 0 Å². The lowest BCUT2D eigenvalue weighted by molar-refractivity contribution is -0.122. The Labute approximate surface area is 108 Å². The van der Waals surface area contributed by atoms with Crippen molar-refractivity contribution in [1.29, 1.82) is 0 Å². The van der Waals surface area contributed by atoms with Crippen LogP contribution < -0.4 is 5.32 Å². The van der Waals surface area contributed by atoms with Crippen molar-refractivity contribution in [2.45, 2.75) is 25.4 Å². The van der Waals surface area contributed by atoms with Gasteiger partial charge in [-0.3, -0.25) is 4.79 Å². The number of halogens is 1. The predicted molar refractivity (Wildman–Crippen MR) is 63.4 cm³/mol. The maximum absolute atomic E-state index is 13.1. The van der Waals surface area contributed by atoms with E-state index in [4.69, 9.17) is 0 Å². The number of carbonyl (C=O) groups is 1. The molecule has 98 valence electrons. The van der Waals surface area contributed by atoms with E-state index in [1.165, 1.54) is 23.1 Å². The van der Waals surface area contributed by atoms with Gasteiger partial charge in [0.2, 0.25) is 5.91 Å². The molecule has 0 spiro atoms. The maximum atomic E-state index is 13.1. The third-order valence-electron chi connectivity index (χ3n) is 3.22. The molecule has 19 heavy (non-hydrogen) atoms. The molecule has 2 aromatic rings. The summed E-state index contributed by atoms with van der Waals surface area (Å²) in [6.45, 7) is 0.0834. The average molecular weight is 261 g/mol. The number of nitrogens with one attached hydrogen (secondary N) is 1. The van der Waals surface area contributed by atoms with Crippen LogP contribution in [0.2, 0.25) is 0 Å². The number of amides is 1. The van der Waals surface area contributed by atoms with Gasteiger partial charge in [0.25, 0.3) is 0 Å². The molecule has 1 unspecified atom stereocenters. The van der Waals surface area contributed by atoms with Crippen molar-refractivity contribution in [2.75, 3.05) is 0 Å². The molecule has 0 radical (unpaired) electrons. The quantitative estimate of drug-likeness (QED) is 0.879. The van der Waals surface area contributed by atoms with Crippen LogP contribution in [0.15, 0.2) is 24.5 Å². The molecular weight excluding hydrogens is 249 g/mol.